The maximum absolute atomic E-state index is 6.63. The third-order valence-electron chi connectivity index (χ3n) is 15.5. The Kier molecular flexibility index (Phi) is 12.3. The van der Waals surface area contributed by atoms with Crippen LogP contribution in [0.5, 0.6) is 46.0 Å². The first-order chi connectivity index (χ1) is 38.8. The molecule has 0 saturated carbocycles. The molecule has 0 bridgehead atoms. The Hall–Kier alpha value is -8.14. The van der Waals surface area contributed by atoms with Crippen molar-refractivity contribution in [1.29, 1.82) is 0 Å². The number of hydrogen-bond acceptors (Lipinski definition) is 10. The number of nitrogens with zero attached hydrogens (tertiary/aromatic N) is 4. The molecule has 0 spiro atoms. The molecule has 0 N–H and O–H groups in total. The second kappa shape index (κ2) is 19.5. The predicted molar refractivity (Wildman–Crippen MR) is 327 cm³/mol. The molecule has 0 saturated heterocycles. The second-order valence-corrected chi connectivity index (χ2v) is 24.8. The number of aromatic nitrogens is 4. The van der Waals surface area contributed by atoms with Gasteiger partial charge in [-0.25, -0.2) is 4.98 Å². The van der Waals surface area contributed by atoms with Crippen LogP contribution in [0.2, 0.25) is 0 Å². The Bertz CT molecular complexity index is 4110. The average Bonchev–Trinajstić information content (AvgIpc) is 4.32. The standard InChI is InChI=1S/C34H25BN2O2S.C34H23BN2O2S.Pt/c2*1-34(2,3)22-18-29-32-30(19-22)39-28-14-12-21(33-37-26-9-4-5-10-31(26)40-33)17-24(28)35(32)23-16-20(11-13-27(23)38-29)25-8-6-7-15-36-25;/h4-19H,1-3H3;4-15,18-19H,1-3H3;/q;-2;+2. The van der Waals surface area contributed by atoms with E-state index in [0.29, 0.717) is 0 Å². The van der Waals surface area contributed by atoms with E-state index < -0.39 is 0 Å². The van der Waals surface area contributed by atoms with Crippen LogP contribution in [-0.4, -0.2) is 33.4 Å². The van der Waals surface area contributed by atoms with Gasteiger partial charge in [-0.15, -0.1) is 69.8 Å². The van der Waals surface area contributed by atoms with E-state index in [-0.39, 0.29) is 45.3 Å². The van der Waals surface area contributed by atoms with Gasteiger partial charge in [0.05, 0.1) is 21.4 Å². The van der Waals surface area contributed by atoms with Crippen LogP contribution < -0.4 is 51.7 Å². The molecule has 4 aromatic heterocycles. The fourth-order valence-electron chi connectivity index (χ4n) is 11.3. The Balaban J connectivity index is 0.000000144. The van der Waals surface area contributed by atoms with E-state index in [9.17, 15) is 0 Å². The van der Waals surface area contributed by atoms with Gasteiger partial charge in [0.2, 0.25) is 6.71 Å². The summed E-state index contributed by atoms with van der Waals surface area (Å²) in [6, 6.07) is 65.6. The van der Waals surface area contributed by atoms with Gasteiger partial charge < -0.3 is 23.9 Å². The van der Waals surface area contributed by atoms with Crippen LogP contribution >= 0.6 is 22.7 Å². The molecule has 8 aromatic carbocycles. The van der Waals surface area contributed by atoms with Crippen molar-refractivity contribution in [3.63, 3.8) is 0 Å². The maximum atomic E-state index is 6.63. The normalized spacial score (nSPS) is 13.1. The number of hydrogen-bond donors (Lipinski definition) is 0. The van der Waals surface area contributed by atoms with Crippen molar-refractivity contribution in [2.45, 2.75) is 52.4 Å². The molecule has 0 aliphatic carbocycles. The number of pyridine rings is 2. The average molecular weight is 1270 g/mol. The number of thiazole rings is 2. The molecule has 8 nitrogen and oxygen atoms in total. The Labute approximate surface area is 493 Å². The molecule has 4 aliphatic rings. The van der Waals surface area contributed by atoms with Crippen LogP contribution in [-0.2, 0) is 31.9 Å². The minimum Gasteiger partial charge on any atom is -0.503 e. The van der Waals surface area contributed by atoms with Gasteiger partial charge in [-0.3, -0.25) is 9.97 Å². The zero-order chi connectivity index (χ0) is 54.0. The summed E-state index contributed by atoms with van der Waals surface area (Å²) in [6.07, 6.45) is 3.64. The molecule has 0 amide bonds. The Morgan fingerprint density at radius 1 is 0.407 bits per heavy atom. The Morgan fingerprint density at radius 2 is 0.852 bits per heavy atom. The molecule has 392 valence electrons. The molecule has 4 aliphatic heterocycles. The summed E-state index contributed by atoms with van der Waals surface area (Å²) in [5, 5.41) is 1.95. The third-order valence-corrected chi connectivity index (χ3v) is 17.6. The van der Waals surface area contributed by atoms with E-state index in [1.807, 2.05) is 79.1 Å². The van der Waals surface area contributed by atoms with Crippen LogP contribution in [0, 0.1) is 12.1 Å². The molecule has 12 aromatic rings. The topological polar surface area (TPSA) is 88.5 Å². The van der Waals surface area contributed by atoms with Crippen molar-refractivity contribution in [2.24, 2.45) is 0 Å². The van der Waals surface area contributed by atoms with E-state index in [0.717, 1.165) is 144 Å². The van der Waals surface area contributed by atoms with Gasteiger partial charge in [0.15, 0.2) is 0 Å². The van der Waals surface area contributed by atoms with Crippen LogP contribution in [0.15, 0.2) is 182 Å². The van der Waals surface area contributed by atoms with Crippen molar-refractivity contribution in [3.8, 4) is 89.7 Å². The van der Waals surface area contributed by atoms with Gasteiger partial charge in [-0.05, 0) is 135 Å². The first-order valence-corrected chi connectivity index (χ1v) is 28.5. The third kappa shape index (κ3) is 8.96. The Morgan fingerprint density at radius 3 is 1.40 bits per heavy atom. The van der Waals surface area contributed by atoms with Crippen LogP contribution in [0.1, 0.15) is 52.7 Å². The first kappa shape index (κ1) is 51.0. The van der Waals surface area contributed by atoms with Crippen LogP contribution in [0.3, 0.4) is 0 Å². The summed E-state index contributed by atoms with van der Waals surface area (Å²) >= 11 is 3.40. The molecular formula is C68H48B2N4O4PtS2. The monoisotopic (exact) mass is 1270 g/mol. The quantitative estimate of drug-likeness (QED) is 0.127. The van der Waals surface area contributed by atoms with Crippen molar-refractivity contribution < 1.29 is 40.0 Å². The SMILES string of the molecule is CC(C)(C)c1cc2c3c(c1)Oc1ccc(-c4nc5ccccc5s4)[c-]c1B3c1[c-]c(-c3ccccn3)ccc1O2.CC(C)(C)c1cc2c3c(c1)Oc1ccc(-c4nc5ccccc5s4)cc1B3c1cc(-c3ccccn3)ccc1O2.[Pt+2]. The van der Waals surface area contributed by atoms with Gasteiger partial charge in [0.25, 0.3) is 6.71 Å². The molecule has 0 unspecified atom stereocenters. The van der Waals surface area contributed by atoms with Crippen molar-refractivity contribution in [2.75, 3.05) is 0 Å². The molecule has 0 radical (unpaired) electrons. The maximum Gasteiger partial charge on any atom is 2.00 e. The summed E-state index contributed by atoms with van der Waals surface area (Å²) in [4.78, 5) is 19.0. The predicted octanol–water partition coefficient (Wildman–Crippen LogP) is 13.7. The molecule has 0 atom stereocenters. The fourth-order valence-corrected chi connectivity index (χ4v) is 13.2. The fraction of sp³-hybridized carbons (Fsp3) is 0.118. The molecular weight excluding hydrogens is 1220 g/mol. The number of ether oxygens (including phenoxy) is 4. The largest absolute Gasteiger partial charge is 2.00 e. The molecule has 8 heterocycles. The number of benzene rings is 8. The van der Waals surface area contributed by atoms with Gasteiger partial charge in [-0.2, -0.15) is 11.3 Å². The van der Waals surface area contributed by atoms with Gasteiger partial charge in [-0.1, -0.05) is 96.1 Å². The van der Waals surface area contributed by atoms with Crippen molar-refractivity contribution >= 4 is 89.3 Å². The molecule has 16 rings (SSSR count). The van der Waals surface area contributed by atoms with Gasteiger partial charge in [0.1, 0.15) is 39.5 Å². The van der Waals surface area contributed by atoms with E-state index in [1.54, 1.807) is 22.7 Å². The summed E-state index contributed by atoms with van der Waals surface area (Å²) in [6.45, 7) is 13.1. The van der Waals surface area contributed by atoms with Crippen LogP contribution in [0.25, 0.3) is 64.1 Å². The summed E-state index contributed by atoms with van der Waals surface area (Å²) in [7, 11) is 0. The zero-order valence-corrected chi connectivity index (χ0v) is 48.9. The first-order valence-electron chi connectivity index (χ1n) is 26.9. The summed E-state index contributed by atoms with van der Waals surface area (Å²) in [5.74, 6) is 6.70. The van der Waals surface area contributed by atoms with Crippen molar-refractivity contribution in [3.05, 3.63) is 206 Å². The van der Waals surface area contributed by atoms with Crippen LogP contribution in [0.4, 0.5) is 0 Å². The molecule has 13 heteroatoms. The van der Waals surface area contributed by atoms with Gasteiger partial charge >= 0.3 is 21.1 Å². The van der Waals surface area contributed by atoms with Crippen molar-refractivity contribution in [1.82, 2.24) is 19.9 Å². The smallest absolute Gasteiger partial charge is 0.503 e. The summed E-state index contributed by atoms with van der Waals surface area (Å²) in [5.41, 5.74) is 16.4. The van der Waals surface area contributed by atoms with E-state index in [1.165, 1.54) is 10.3 Å². The minimum atomic E-state index is -0.149. The van der Waals surface area contributed by atoms with E-state index >= 15 is 0 Å². The van der Waals surface area contributed by atoms with Gasteiger partial charge in [0, 0.05) is 50.1 Å². The van der Waals surface area contributed by atoms with E-state index in [2.05, 4.69) is 167 Å². The molecule has 81 heavy (non-hydrogen) atoms. The molecule has 0 fully saturated rings. The summed E-state index contributed by atoms with van der Waals surface area (Å²) < 4.78 is 28.7. The second-order valence-electron chi connectivity index (χ2n) is 22.8. The number of fused-ring (bicyclic) bond motifs is 10. The van der Waals surface area contributed by atoms with E-state index in [4.69, 9.17) is 28.9 Å². The zero-order valence-electron chi connectivity index (χ0n) is 45.0. The number of para-hydroxylation sites is 2. The number of rotatable bonds is 4. The minimum absolute atomic E-state index is 0.